The Morgan fingerprint density at radius 3 is 0.632 bits per heavy atom. The van der Waals surface area contributed by atoms with Gasteiger partial charge in [0.2, 0.25) is 35.6 Å². The van der Waals surface area contributed by atoms with Gasteiger partial charge in [-0.05, 0) is 131 Å². The van der Waals surface area contributed by atoms with E-state index < -0.39 is 85.5 Å². The van der Waals surface area contributed by atoms with Gasteiger partial charge in [0.1, 0.15) is 34.1 Å². The van der Waals surface area contributed by atoms with Gasteiger partial charge in [0.05, 0.1) is 0 Å². The zero-order valence-electron chi connectivity index (χ0n) is 57.4. The van der Waals surface area contributed by atoms with Crippen LogP contribution in [0.5, 0.6) is 17.2 Å². The normalized spacial score (nSPS) is 12.9. The third kappa shape index (κ3) is 22.8. The van der Waals surface area contributed by atoms with Crippen molar-refractivity contribution >= 4 is 54.0 Å². The summed E-state index contributed by atoms with van der Waals surface area (Å²) >= 11 is 0. The summed E-state index contributed by atoms with van der Waals surface area (Å²) in [4.78, 5) is 94.8. The van der Waals surface area contributed by atoms with Crippen LogP contribution in [0, 0.1) is 0 Å². The molecule has 3 N–H and O–H groups in total. The SMILES string of the molecule is CC(C)(C)OC(=O)Oc1c(C(C)(C)C)cc(CCC(=O)Nc2nc(NC(=O)CCc3cc(C(C)(C)C)c(OC(=O)OC(C)(C)C)c(C(C)(C)C)c3)nc(NC(=O)CCc3cc(C(C)(C)C)c(OC(=O)OC(C)(C)C)c(C(C)(C)C)c3)n2)cc1C(C)(C)C. The zero-order chi connectivity index (χ0) is 66.6. The van der Waals surface area contributed by atoms with E-state index in [2.05, 4.69) is 30.9 Å². The summed E-state index contributed by atoms with van der Waals surface area (Å²) in [6.07, 6.45) is -1.74. The number of nitrogens with one attached hydrogen (secondary N) is 3. The van der Waals surface area contributed by atoms with E-state index in [4.69, 9.17) is 28.4 Å². The van der Waals surface area contributed by atoms with E-state index >= 15 is 0 Å². The van der Waals surface area contributed by atoms with Crippen molar-refractivity contribution in [1.29, 1.82) is 0 Å². The van der Waals surface area contributed by atoms with E-state index in [1.54, 1.807) is 62.3 Å². The fourth-order valence-corrected chi connectivity index (χ4v) is 9.11. The van der Waals surface area contributed by atoms with E-state index in [1.807, 2.05) is 161 Å². The van der Waals surface area contributed by atoms with Crippen LogP contribution in [0.1, 0.15) is 256 Å². The minimum atomic E-state index is -0.819. The number of anilines is 3. The molecule has 0 saturated carbocycles. The Kier molecular flexibility index (Phi) is 22.2. The van der Waals surface area contributed by atoms with Crippen LogP contribution in [-0.2, 0) is 80.3 Å². The van der Waals surface area contributed by atoms with Crippen molar-refractivity contribution in [3.05, 3.63) is 86.5 Å². The number of rotatable bonds is 15. The number of benzene rings is 3. The maximum atomic E-state index is 14.0. The van der Waals surface area contributed by atoms with E-state index in [9.17, 15) is 28.8 Å². The molecule has 4 rings (SSSR count). The number of hydrogen-bond acceptors (Lipinski definition) is 15. The van der Waals surface area contributed by atoms with Crippen molar-refractivity contribution in [2.45, 2.75) is 275 Å². The van der Waals surface area contributed by atoms with Crippen LogP contribution in [0.25, 0.3) is 0 Å². The zero-order valence-corrected chi connectivity index (χ0v) is 57.4. The van der Waals surface area contributed by atoms with Crippen LogP contribution < -0.4 is 30.2 Å². The predicted molar refractivity (Wildman–Crippen MR) is 343 cm³/mol. The average Bonchev–Trinajstić information content (AvgIpc) is 0.862. The summed E-state index contributed by atoms with van der Waals surface area (Å²) in [5.41, 5.74) is 1.79. The maximum absolute atomic E-state index is 14.0. The molecule has 480 valence electrons. The number of carbonyl (C=O) groups is 6. The molecule has 3 amide bonds. The molecule has 0 fully saturated rings. The molecule has 87 heavy (non-hydrogen) atoms. The van der Waals surface area contributed by atoms with Gasteiger partial charge in [0.15, 0.2) is 0 Å². The third-order valence-corrected chi connectivity index (χ3v) is 13.3. The van der Waals surface area contributed by atoms with E-state index in [1.165, 1.54) is 0 Å². The summed E-state index contributed by atoms with van der Waals surface area (Å²) in [6.45, 7) is 52.2. The molecule has 0 spiro atoms. The molecule has 18 nitrogen and oxygen atoms in total. The van der Waals surface area contributed by atoms with Crippen molar-refractivity contribution in [2.75, 3.05) is 16.0 Å². The van der Waals surface area contributed by atoms with Crippen LogP contribution in [0.15, 0.2) is 36.4 Å². The van der Waals surface area contributed by atoms with Crippen LogP contribution >= 0.6 is 0 Å². The highest BCUT2D eigenvalue weighted by molar-refractivity contribution is 5.93. The van der Waals surface area contributed by atoms with E-state index in [0.717, 1.165) is 50.1 Å². The molecule has 0 aliphatic carbocycles. The first kappa shape index (κ1) is 72.4. The van der Waals surface area contributed by atoms with Gasteiger partial charge in [-0.1, -0.05) is 161 Å². The second-order valence-electron chi connectivity index (χ2n) is 31.7. The molecule has 0 atom stereocenters. The molecule has 0 bridgehead atoms. The summed E-state index contributed by atoms with van der Waals surface area (Å²) in [5.74, 6) is -0.833. The lowest BCUT2D eigenvalue weighted by Gasteiger charge is -2.30. The van der Waals surface area contributed by atoms with Crippen LogP contribution in [-0.4, -0.2) is 67.9 Å². The standard InChI is InChI=1S/C69H102N6O12/c1-61(2,3)43-34-40(35-44(62(4,5)6)52(43)82-58(79)85-67(19,20)21)28-31-49(76)70-55-73-56(71-50(77)32-29-41-36-45(63(7,8)9)53(46(37-41)64(10,11)12)83-59(80)86-68(22,23)24)75-57(74-55)72-51(78)33-30-42-38-47(65(13,14)15)54(48(39-42)66(16,17)18)84-60(81)87-69(25,26)27/h34-39H,28-33H2,1-27H3,(H3,70,71,72,73,74,75,76,77,78). The third-order valence-electron chi connectivity index (χ3n) is 13.3. The molecule has 18 heteroatoms. The summed E-state index contributed by atoms with van der Waals surface area (Å²) in [6, 6.07) is 11.6. The predicted octanol–water partition coefficient (Wildman–Crippen LogP) is 16.3. The number of ether oxygens (including phenoxy) is 6. The highest BCUT2D eigenvalue weighted by Crippen LogP contribution is 2.45. The number of aromatic nitrogens is 3. The molecule has 0 aliphatic rings. The van der Waals surface area contributed by atoms with E-state index in [-0.39, 0.29) is 56.4 Å². The molecule has 0 saturated heterocycles. The van der Waals surface area contributed by atoms with Gasteiger partial charge in [-0.2, -0.15) is 15.0 Å². The van der Waals surface area contributed by atoms with Crippen molar-refractivity contribution in [3.63, 3.8) is 0 Å². The largest absolute Gasteiger partial charge is 0.514 e. The molecule has 1 heterocycles. The van der Waals surface area contributed by atoms with Gasteiger partial charge in [-0.25, -0.2) is 14.4 Å². The molecule has 0 aliphatic heterocycles. The second kappa shape index (κ2) is 26.7. The monoisotopic (exact) mass is 1210 g/mol. The Balaban J connectivity index is 1.73. The van der Waals surface area contributed by atoms with Crippen molar-refractivity contribution in [2.24, 2.45) is 0 Å². The Hall–Kier alpha value is -7.11. The Bertz CT molecular complexity index is 2730. The van der Waals surface area contributed by atoms with Crippen LogP contribution in [0.4, 0.5) is 32.2 Å². The average molecular weight is 1210 g/mol. The lowest BCUT2D eigenvalue weighted by Crippen LogP contribution is -2.28. The number of aryl methyl sites for hydroxylation is 3. The van der Waals surface area contributed by atoms with Crippen molar-refractivity contribution in [1.82, 2.24) is 15.0 Å². The fraction of sp³-hybridized carbons (Fsp3) is 0.609. The van der Waals surface area contributed by atoms with Crippen molar-refractivity contribution < 1.29 is 57.2 Å². The Morgan fingerprint density at radius 1 is 0.310 bits per heavy atom. The molecule has 4 aromatic rings. The first-order valence-electron chi connectivity index (χ1n) is 30.1. The number of amides is 3. The smallest absolute Gasteiger partial charge is 0.428 e. The minimum absolute atomic E-state index is 0.0298. The van der Waals surface area contributed by atoms with Gasteiger partial charge in [0.25, 0.3) is 0 Å². The summed E-state index contributed by atoms with van der Waals surface area (Å²) in [5, 5.41) is 8.30. The Morgan fingerprint density at radius 2 is 0.483 bits per heavy atom. The Labute approximate surface area is 518 Å². The van der Waals surface area contributed by atoms with Crippen LogP contribution in [0.3, 0.4) is 0 Å². The quantitative estimate of drug-likeness (QED) is 0.0571. The molecule has 1 aromatic heterocycles. The molecule has 0 radical (unpaired) electrons. The fourth-order valence-electron chi connectivity index (χ4n) is 9.11. The number of carbonyl (C=O) groups excluding carboxylic acids is 6. The molecule has 0 unspecified atom stereocenters. The lowest BCUT2D eigenvalue weighted by molar-refractivity contribution is -0.117. The van der Waals surface area contributed by atoms with Crippen molar-refractivity contribution in [3.8, 4) is 17.2 Å². The van der Waals surface area contributed by atoms with E-state index in [0.29, 0.717) is 17.2 Å². The lowest BCUT2D eigenvalue weighted by atomic mass is 9.78. The number of hydrogen-bond donors (Lipinski definition) is 3. The van der Waals surface area contributed by atoms with Gasteiger partial charge >= 0.3 is 18.5 Å². The molecule has 3 aromatic carbocycles. The molecular formula is C69H102N6O12. The maximum Gasteiger partial charge on any atom is 0.514 e. The van der Waals surface area contributed by atoms with Gasteiger partial charge < -0.3 is 28.4 Å². The highest BCUT2D eigenvalue weighted by atomic mass is 16.7. The van der Waals surface area contributed by atoms with Crippen LogP contribution in [0.2, 0.25) is 0 Å². The van der Waals surface area contributed by atoms with Gasteiger partial charge in [-0.15, -0.1) is 0 Å². The number of nitrogens with zero attached hydrogens (tertiary/aromatic N) is 3. The summed E-state index contributed by atoms with van der Waals surface area (Å²) in [7, 11) is 0. The highest BCUT2D eigenvalue weighted by Gasteiger charge is 2.35. The second-order valence-corrected chi connectivity index (χ2v) is 31.7. The first-order valence-corrected chi connectivity index (χ1v) is 30.1. The minimum Gasteiger partial charge on any atom is -0.428 e. The molecular weight excluding hydrogens is 1100 g/mol. The topological polar surface area (TPSA) is 233 Å². The summed E-state index contributed by atoms with van der Waals surface area (Å²) < 4.78 is 34.6. The van der Waals surface area contributed by atoms with Gasteiger partial charge in [-0.3, -0.25) is 30.3 Å². The first-order chi connectivity index (χ1) is 39.2. The van der Waals surface area contributed by atoms with Gasteiger partial charge in [0, 0.05) is 52.6 Å².